The van der Waals surface area contributed by atoms with Crippen molar-refractivity contribution < 1.29 is 9.18 Å². The van der Waals surface area contributed by atoms with E-state index in [9.17, 15) is 9.18 Å². The van der Waals surface area contributed by atoms with Crippen molar-refractivity contribution in [3.63, 3.8) is 0 Å². The van der Waals surface area contributed by atoms with Crippen LogP contribution in [0, 0.1) is 12.7 Å². The highest BCUT2D eigenvalue weighted by atomic mass is 79.9. The zero-order chi connectivity index (χ0) is 14.0. The summed E-state index contributed by atoms with van der Waals surface area (Å²) in [5, 5.41) is 4.22. The van der Waals surface area contributed by atoms with Crippen molar-refractivity contribution in [1.29, 1.82) is 0 Å². The lowest BCUT2D eigenvalue weighted by Crippen LogP contribution is -2.12. The summed E-state index contributed by atoms with van der Waals surface area (Å²) in [6, 6.07) is 6.46. The fraction of sp³-hybridized carbons (Fsp3) is 0.286. The molecular weight excluding hydrogens is 311 g/mol. The molecule has 5 heteroatoms. The van der Waals surface area contributed by atoms with Gasteiger partial charge in [0.05, 0.1) is 5.69 Å². The van der Waals surface area contributed by atoms with Crippen LogP contribution in [0.4, 0.5) is 4.39 Å². The van der Waals surface area contributed by atoms with Crippen LogP contribution in [-0.2, 0) is 13.0 Å². The molecule has 2 aromatic rings. The van der Waals surface area contributed by atoms with E-state index in [1.165, 1.54) is 6.07 Å². The lowest BCUT2D eigenvalue weighted by molar-refractivity contribution is 0.0981. The first-order valence-corrected chi connectivity index (χ1v) is 6.82. The van der Waals surface area contributed by atoms with Gasteiger partial charge in [0, 0.05) is 17.4 Å². The monoisotopic (exact) mass is 324 g/mol. The summed E-state index contributed by atoms with van der Waals surface area (Å²) in [6.45, 7) is 4.38. The highest BCUT2D eigenvalue weighted by Gasteiger charge is 2.15. The highest BCUT2D eigenvalue weighted by molar-refractivity contribution is 9.10. The van der Waals surface area contributed by atoms with Crippen molar-refractivity contribution in [3.8, 4) is 0 Å². The SMILES string of the molecule is CCn1nc(C)cc1C(=O)Cc1ccc(Br)cc1F. The maximum absolute atomic E-state index is 13.7. The maximum Gasteiger partial charge on any atom is 0.185 e. The fourth-order valence-electron chi connectivity index (χ4n) is 1.94. The molecule has 0 saturated heterocycles. The molecule has 19 heavy (non-hydrogen) atoms. The van der Waals surface area contributed by atoms with E-state index in [1.54, 1.807) is 22.9 Å². The normalized spacial score (nSPS) is 10.7. The number of rotatable bonds is 4. The Morgan fingerprint density at radius 1 is 1.42 bits per heavy atom. The number of aromatic nitrogens is 2. The van der Waals surface area contributed by atoms with E-state index in [1.807, 2.05) is 13.8 Å². The molecule has 0 unspecified atom stereocenters. The third-order valence-corrected chi connectivity index (χ3v) is 3.35. The van der Waals surface area contributed by atoms with Crippen LogP contribution in [0.5, 0.6) is 0 Å². The first-order chi connectivity index (χ1) is 9.01. The van der Waals surface area contributed by atoms with E-state index in [4.69, 9.17) is 0 Å². The van der Waals surface area contributed by atoms with Crippen LogP contribution < -0.4 is 0 Å². The van der Waals surface area contributed by atoms with E-state index >= 15 is 0 Å². The Morgan fingerprint density at radius 3 is 2.79 bits per heavy atom. The molecule has 0 radical (unpaired) electrons. The minimum absolute atomic E-state index is 0.0459. The minimum atomic E-state index is -0.373. The quantitative estimate of drug-likeness (QED) is 0.806. The molecule has 0 atom stereocenters. The predicted molar refractivity (Wildman–Crippen MR) is 74.8 cm³/mol. The van der Waals surface area contributed by atoms with Crippen LogP contribution in [-0.4, -0.2) is 15.6 Å². The Balaban J connectivity index is 2.25. The van der Waals surface area contributed by atoms with Gasteiger partial charge in [-0.1, -0.05) is 22.0 Å². The van der Waals surface area contributed by atoms with E-state index in [0.717, 1.165) is 5.69 Å². The van der Waals surface area contributed by atoms with Crippen LogP contribution in [0.3, 0.4) is 0 Å². The van der Waals surface area contributed by atoms with Crippen molar-refractivity contribution in [2.45, 2.75) is 26.8 Å². The van der Waals surface area contributed by atoms with Crippen molar-refractivity contribution in [1.82, 2.24) is 9.78 Å². The van der Waals surface area contributed by atoms with Crippen molar-refractivity contribution in [2.24, 2.45) is 0 Å². The van der Waals surface area contributed by atoms with Gasteiger partial charge in [-0.05, 0) is 37.6 Å². The van der Waals surface area contributed by atoms with Gasteiger partial charge >= 0.3 is 0 Å². The highest BCUT2D eigenvalue weighted by Crippen LogP contribution is 2.17. The molecular formula is C14H14BrFN2O. The minimum Gasteiger partial charge on any atom is -0.292 e. The Labute approximate surface area is 119 Å². The van der Waals surface area contributed by atoms with Crippen LogP contribution in [0.25, 0.3) is 0 Å². The van der Waals surface area contributed by atoms with E-state index < -0.39 is 0 Å². The second-order valence-electron chi connectivity index (χ2n) is 4.32. The lowest BCUT2D eigenvalue weighted by Gasteiger charge is -2.05. The van der Waals surface area contributed by atoms with Gasteiger partial charge in [0.1, 0.15) is 11.5 Å². The molecule has 100 valence electrons. The maximum atomic E-state index is 13.7. The van der Waals surface area contributed by atoms with E-state index in [0.29, 0.717) is 22.3 Å². The van der Waals surface area contributed by atoms with Gasteiger partial charge in [0.25, 0.3) is 0 Å². The number of nitrogens with zero attached hydrogens (tertiary/aromatic N) is 2. The molecule has 1 heterocycles. The number of aryl methyl sites for hydroxylation is 2. The Morgan fingerprint density at radius 2 is 2.16 bits per heavy atom. The summed E-state index contributed by atoms with van der Waals surface area (Å²) in [5.41, 5.74) is 1.72. The van der Waals surface area contributed by atoms with Crippen LogP contribution in [0.2, 0.25) is 0 Å². The topological polar surface area (TPSA) is 34.9 Å². The Hall–Kier alpha value is -1.49. The fourth-order valence-corrected chi connectivity index (χ4v) is 2.27. The van der Waals surface area contributed by atoms with E-state index in [2.05, 4.69) is 21.0 Å². The predicted octanol–water partition coefficient (Wildman–Crippen LogP) is 3.54. The van der Waals surface area contributed by atoms with Crippen LogP contribution >= 0.6 is 15.9 Å². The average Bonchev–Trinajstić information content (AvgIpc) is 2.74. The third-order valence-electron chi connectivity index (χ3n) is 2.85. The molecule has 1 aromatic heterocycles. The molecule has 0 saturated carbocycles. The van der Waals surface area contributed by atoms with Gasteiger partial charge < -0.3 is 0 Å². The summed E-state index contributed by atoms with van der Waals surface area (Å²) in [5.74, 6) is -0.495. The molecule has 1 aromatic carbocycles. The molecule has 0 aliphatic heterocycles. The van der Waals surface area contributed by atoms with Gasteiger partial charge in [-0.15, -0.1) is 0 Å². The number of hydrogen-bond donors (Lipinski definition) is 0. The molecule has 0 bridgehead atoms. The van der Waals surface area contributed by atoms with Gasteiger partial charge in [-0.3, -0.25) is 9.48 Å². The molecule has 3 nitrogen and oxygen atoms in total. The van der Waals surface area contributed by atoms with Gasteiger partial charge in [-0.25, -0.2) is 4.39 Å². The summed E-state index contributed by atoms with van der Waals surface area (Å²) in [6.07, 6.45) is 0.0459. The third kappa shape index (κ3) is 3.10. The zero-order valence-electron chi connectivity index (χ0n) is 10.8. The largest absolute Gasteiger partial charge is 0.292 e. The lowest BCUT2D eigenvalue weighted by atomic mass is 10.1. The molecule has 0 aliphatic carbocycles. The number of ketones is 1. The van der Waals surface area contributed by atoms with Crippen LogP contribution in [0.1, 0.15) is 28.7 Å². The van der Waals surface area contributed by atoms with Gasteiger partial charge in [0.2, 0.25) is 0 Å². The second kappa shape index (κ2) is 5.65. The molecule has 0 spiro atoms. The Bertz CT molecular complexity index is 622. The first kappa shape index (κ1) is 13.9. The van der Waals surface area contributed by atoms with Crippen molar-refractivity contribution in [2.75, 3.05) is 0 Å². The standard InChI is InChI=1S/C14H14BrFN2O/c1-3-18-13(6-9(2)17-18)14(19)7-10-4-5-11(15)8-12(10)16/h4-6,8H,3,7H2,1-2H3. The van der Waals surface area contributed by atoms with Crippen LogP contribution in [0.15, 0.2) is 28.7 Å². The molecule has 0 amide bonds. The summed E-state index contributed by atoms with van der Waals surface area (Å²) >= 11 is 3.19. The second-order valence-corrected chi connectivity index (χ2v) is 5.24. The van der Waals surface area contributed by atoms with Gasteiger partial charge in [0.15, 0.2) is 5.78 Å². The summed E-state index contributed by atoms with van der Waals surface area (Å²) in [4.78, 5) is 12.2. The number of Topliss-reactive ketones (excluding diaryl/α,β-unsaturated/α-hetero) is 1. The number of halogens is 2. The number of benzene rings is 1. The van der Waals surface area contributed by atoms with E-state index in [-0.39, 0.29) is 18.0 Å². The number of carbonyl (C=O) groups is 1. The summed E-state index contributed by atoms with van der Waals surface area (Å²) < 4.78 is 16.0. The molecule has 2 rings (SSSR count). The van der Waals surface area contributed by atoms with Gasteiger partial charge in [-0.2, -0.15) is 5.10 Å². The average molecular weight is 325 g/mol. The number of carbonyl (C=O) groups excluding carboxylic acids is 1. The molecule has 0 aliphatic rings. The smallest absolute Gasteiger partial charge is 0.185 e. The molecule has 0 fully saturated rings. The summed E-state index contributed by atoms with van der Waals surface area (Å²) in [7, 11) is 0. The zero-order valence-corrected chi connectivity index (χ0v) is 12.4. The van der Waals surface area contributed by atoms with Crippen molar-refractivity contribution >= 4 is 21.7 Å². The first-order valence-electron chi connectivity index (χ1n) is 6.03. The molecule has 0 N–H and O–H groups in total. The van der Waals surface area contributed by atoms with Crippen molar-refractivity contribution in [3.05, 3.63) is 51.5 Å². The Kier molecular flexibility index (Phi) is 4.14. The number of hydrogen-bond acceptors (Lipinski definition) is 2.